The fourth-order valence-electron chi connectivity index (χ4n) is 3.72. The van der Waals surface area contributed by atoms with Crippen LogP contribution in [0.4, 0.5) is 0 Å². The van der Waals surface area contributed by atoms with Crippen LogP contribution in [0.5, 0.6) is 0 Å². The predicted octanol–water partition coefficient (Wildman–Crippen LogP) is 0.919. The summed E-state index contributed by atoms with van der Waals surface area (Å²) in [4.78, 5) is 5.02. The SMILES string of the molecule is OCC1(N2CCCNCC2)CCN(Cc2ccccc2)C1. The minimum Gasteiger partial charge on any atom is -0.394 e. The molecule has 4 nitrogen and oxygen atoms in total. The van der Waals surface area contributed by atoms with E-state index in [1.54, 1.807) is 0 Å². The highest BCUT2D eigenvalue weighted by Gasteiger charge is 2.42. The molecule has 0 aromatic heterocycles. The Balaban J connectivity index is 1.64. The van der Waals surface area contributed by atoms with Crippen molar-refractivity contribution in [2.75, 3.05) is 45.9 Å². The van der Waals surface area contributed by atoms with Gasteiger partial charge in [0.05, 0.1) is 12.1 Å². The van der Waals surface area contributed by atoms with Gasteiger partial charge in [0, 0.05) is 39.3 Å². The summed E-state index contributed by atoms with van der Waals surface area (Å²) in [6.07, 6.45) is 2.26. The molecule has 0 radical (unpaired) electrons. The summed E-state index contributed by atoms with van der Waals surface area (Å²) in [5, 5.41) is 13.5. The number of aliphatic hydroxyl groups is 1. The van der Waals surface area contributed by atoms with E-state index < -0.39 is 0 Å². The van der Waals surface area contributed by atoms with E-state index in [4.69, 9.17) is 0 Å². The third-order valence-electron chi connectivity index (χ3n) is 4.97. The van der Waals surface area contributed by atoms with Crippen LogP contribution in [0.3, 0.4) is 0 Å². The molecular formula is C17H27N3O. The van der Waals surface area contributed by atoms with Gasteiger partial charge in [0.1, 0.15) is 0 Å². The number of benzene rings is 1. The molecule has 0 bridgehead atoms. The van der Waals surface area contributed by atoms with Crippen molar-refractivity contribution in [3.8, 4) is 0 Å². The summed E-state index contributed by atoms with van der Waals surface area (Å²) in [6.45, 7) is 7.64. The minimum atomic E-state index is -0.0270. The van der Waals surface area contributed by atoms with E-state index >= 15 is 0 Å². The van der Waals surface area contributed by atoms with E-state index in [1.807, 2.05) is 0 Å². The van der Waals surface area contributed by atoms with E-state index in [1.165, 1.54) is 12.0 Å². The summed E-state index contributed by atoms with van der Waals surface area (Å²) < 4.78 is 0. The first-order valence-electron chi connectivity index (χ1n) is 8.15. The van der Waals surface area contributed by atoms with E-state index in [0.717, 1.165) is 52.2 Å². The molecule has 4 heteroatoms. The molecule has 116 valence electrons. The van der Waals surface area contributed by atoms with Crippen molar-refractivity contribution in [1.82, 2.24) is 15.1 Å². The Hall–Kier alpha value is -0.940. The zero-order valence-electron chi connectivity index (χ0n) is 12.8. The molecule has 0 aliphatic carbocycles. The fraction of sp³-hybridized carbons (Fsp3) is 0.647. The monoisotopic (exact) mass is 289 g/mol. The maximum atomic E-state index is 10.1. The lowest BCUT2D eigenvalue weighted by Crippen LogP contribution is -2.54. The zero-order valence-corrected chi connectivity index (χ0v) is 12.8. The van der Waals surface area contributed by atoms with Gasteiger partial charge >= 0.3 is 0 Å². The Kier molecular flexibility index (Phi) is 4.91. The van der Waals surface area contributed by atoms with Gasteiger partial charge in [0.2, 0.25) is 0 Å². The maximum absolute atomic E-state index is 10.1. The third kappa shape index (κ3) is 3.46. The number of aliphatic hydroxyl groups excluding tert-OH is 1. The van der Waals surface area contributed by atoms with Crippen molar-refractivity contribution in [2.24, 2.45) is 0 Å². The number of hydrogen-bond donors (Lipinski definition) is 2. The van der Waals surface area contributed by atoms with Crippen LogP contribution in [-0.4, -0.2) is 66.3 Å². The number of nitrogens with one attached hydrogen (secondary N) is 1. The first-order valence-corrected chi connectivity index (χ1v) is 8.15. The van der Waals surface area contributed by atoms with Gasteiger partial charge in [-0.15, -0.1) is 0 Å². The molecule has 21 heavy (non-hydrogen) atoms. The van der Waals surface area contributed by atoms with Gasteiger partial charge in [-0.3, -0.25) is 9.80 Å². The van der Waals surface area contributed by atoms with Gasteiger partial charge in [-0.1, -0.05) is 30.3 Å². The average molecular weight is 289 g/mol. The lowest BCUT2D eigenvalue weighted by Gasteiger charge is -2.39. The highest BCUT2D eigenvalue weighted by molar-refractivity contribution is 5.15. The molecule has 0 spiro atoms. The van der Waals surface area contributed by atoms with Crippen LogP contribution in [-0.2, 0) is 6.54 Å². The summed E-state index contributed by atoms with van der Waals surface area (Å²) in [6, 6.07) is 10.6. The Labute approximate surface area is 127 Å². The predicted molar refractivity (Wildman–Crippen MR) is 85.2 cm³/mol. The fourth-order valence-corrected chi connectivity index (χ4v) is 3.72. The largest absolute Gasteiger partial charge is 0.394 e. The molecule has 0 amide bonds. The van der Waals surface area contributed by atoms with Gasteiger partial charge in [-0.2, -0.15) is 0 Å². The van der Waals surface area contributed by atoms with Crippen LogP contribution in [0.2, 0.25) is 0 Å². The second-order valence-corrected chi connectivity index (χ2v) is 6.42. The number of hydrogen-bond acceptors (Lipinski definition) is 4. The molecule has 1 aromatic rings. The average Bonchev–Trinajstić information content (AvgIpc) is 2.75. The van der Waals surface area contributed by atoms with Crippen molar-refractivity contribution >= 4 is 0 Å². The van der Waals surface area contributed by atoms with Crippen LogP contribution >= 0.6 is 0 Å². The molecule has 2 saturated heterocycles. The smallest absolute Gasteiger partial charge is 0.0628 e. The highest BCUT2D eigenvalue weighted by atomic mass is 16.3. The second-order valence-electron chi connectivity index (χ2n) is 6.42. The first-order chi connectivity index (χ1) is 10.3. The van der Waals surface area contributed by atoms with Crippen molar-refractivity contribution in [1.29, 1.82) is 0 Å². The summed E-state index contributed by atoms with van der Waals surface area (Å²) in [5.41, 5.74) is 1.34. The molecule has 0 saturated carbocycles. The lowest BCUT2D eigenvalue weighted by atomic mass is 9.96. The standard InChI is InChI=1S/C17H27N3O/c21-15-17(20-10-4-8-18-9-12-20)7-11-19(14-17)13-16-5-2-1-3-6-16/h1-3,5-6,18,21H,4,7-15H2. The van der Waals surface area contributed by atoms with Crippen LogP contribution in [0.15, 0.2) is 30.3 Å². The van der Waals surface area contributed by atoms with E-state index in [2.05, 4.69) is 45.4 Å². The van der Waals surface area contributed by atoms with Crippen LogP contribution in [0.1, 0.15) is 18.4 Å². The topological polar surface area (TPSA) is 38.7 Å². The third-order valence-corrected chi connectivity index (χ3v) is 4.97. The van der Waals surface area contributed by atoms with Crippen molar-refractivity contribution < 1.29 is 5.11 Å². The molecule has 2 aliphatic rings. The maximum Gasteiger partial charge on any atom is 0.0628 e. The number of nitrogens with zero attached hydrogens (tertiary/aromatic N) is 2. The zero-order chi connectivity index (χ0) is 14.5. The van der Waals surface area contributed by atoms with Crippen LogP contribution in [0.25, 0.3) is 0 Å². The molecule has 2 N–H and O–H groups in total. The second kappa shape index (κ2) is 6.88. The number of rotatable bonds is 4. The van der Waals surface area contributed by atoms with Gasteiger partial charge in [0.15, 0.2) is 0 Å². The Morgan fingerprint density at radius 2 is 1.95 bits per heavy atom. The van der Waals surface area contributed by atoms with Gasteiger partial charge < -0.3 is 10.4 Å². The van der Waals surface area contributed by atoms with Crippen LogP contribution in [0, 0.1) is 0 Å². The first kappa shape index (κ1) is 15.0. The molecule has 1 aromatic carbocycles. The van der Waals surface area contributed by atoms with Crippen LogP contribution < -0.4 is 5.32 Å². The molecule has 2 aliphatic heterocycles. The molecule has 3 rings (SSSR count). The summed E-state index contributed by atoms with van der Waals surface area (Å²) in [5.74, 6) is 0. The van der Waals surface area contributed by atoms with Gasteiger partial charge in [0.25, 0.3) is 0 Å². The molecule has 2 fully saturated rings. The Morgan fingerprint density at radius 1 is 1.10 bits per heavy atom. The molecular weight excluding hydrogens is 262 g/mol. The van der Waals surface area contributed by atoms with Gasteiger partial charge in [-0.05, 0) is 24.9 Å². The van der Waals surface area contributed by atoms with E-state index in [9.17, 15) is 5.11 Å². The summed E-state index contributed by atoms with van der Waals surface area (Å²) >= 11 is 0. The Bertz CT molecular complexity index is 431. The normalized spacial score (nSPS) is 28.6. The van der Waals surface area contributed by atoms with E-state index in [-0.39, 0.29) is 12.1 Å². The number of likely N-dealkylation sites (tertiary alicyclic amines) is 1. The van der Waals surface area contributed by atoms with Gasteiger partial charge in [-0.25, -0.2) is 0 Å². The lowest BCUT2D eigenvalue weighted by molar-refractivity contribution is 0.0393. The molecule has 2 heterocycles. The minimum absolute atomic E-state index is 0.0270. The van der Waals surface area contributed by atoms with Crippen molar-refractivity contribution in [2.45, 2.75) is 24.9 Å². The Morgan fingerprint density at radius 3 is 2.76 bits per heavy atom. The summed E-state index contributed by atoms with van der Waals surface area (Å²) in [7, 11) is 0. The molecule has 1 atom stereocenters. The van der Waals surface area contributed by atoms with Crippen molar-refractivity contribution in [3.63, 3.8) is 0 Å². The van der Waals surface area contributed by atoms with Crippen molar-refractivity contribution in [3.05, 3.63) is 35.9 Å². The highest BCUT2D eigenvalue weighted by Crippen LogP contribution is 2.29. The van der Waals surface area contributed by atoms with E-state index in [0.29, 0.717) is 0 Å². The quantitative estimate of drug-likeness (QED) is 0.864. The molecule has 1 unspecified atom stereocenters.